The lowest BCUT2D eigenvalue weighted by Gasteiger charge is -2.15. The molecule has 0 amide bonds. The lowest BCUT2D eigenvalue weighted by atomic mass is 10.3. The van der Waals surface area contributed by atoms with Crippen LogP contribution in [0.5, 0.6) is 0 Å². The number of hydrogen-bond donors (Lipinski definition) is 0. The van der Waals surface area contributed by atoms with Crippen molar-refractivity contribution in [3.63, 3.8) is 0 Å². The van der Waals surface area contributed by atoms with Gasteiger partial charge in [0.2, 0.25) is 4.80 Å². The van der Waals surface area contributed by atoms with Crippen molar-refractivity contribution in [2.75, 3.05) is 12.9 Å². The van der Waals surface area contributed by atoms with Gasteiger partial charge in [0, 0.05) is 18.0 Å². The van der Waals surface area contributed by atoms with Crippen LogP contribution in [-0.2, 0) is 22.6 Å². The molecule has 142 valence electrons. The Labute approximate surface area is 179 Å². The zero-order chi connectivity index (χ0) is 18.0. The van der Waals surface area contributed by atoms with E-state index in [1.54, 1.807) is 9.36 Å². The highest BCUT2D eigenvalue weighted by molar-refractivity contribution is 14.0. The molecule has 0 spiro atoms. The number of esters is 1. The first kappa shape index (κ1) is 21.5. The van der Waals surface area contributed by atoms with Crippen LogP contribution >= 0.6 is 58.7 Å². The average Bonchev–Trinajstić information content (AvgIpc) is 2.92. The normalized spacial score (nSPS) is 13.9. The monoisotopic (exact) mass is 531 g/mol. The topological polar surface area (TPSA) is 65.6 Å². The number of halogens is 3. The Morgan fingerprint density at radius 2 is 2.08 bits per heavy atom. The van der Waals surface area contributed by atoms with Gasteiger partial charge in [0.05, 0.1) is 17.9 Å². The molecule has 1 aromatic heterocycles. The average molecular weight is 532 g/mol. The summed E-state index contributed by atoms with van der Waals surface area (Å²) in [4.78, 5) is 28.5. The number of hydrogen-bond acceptors (Lipinski definition) is 6. The molecule has 0 radical (unpaired) electrons. The van der Waals surface area contributed by atoms with Gasteiger partial charge in [-0.2, -0.15) is 0 Å². The Morgan fingerprint density at radius 3 is 2.77 bits per heavy atom. The number of benzene rings is 1. The van der Waals surface area contributed by atoms with Crippen LogP contribution in [0.1, 0.15) is 12.8 Å². The van der Waals surface area contributed by atoms with Gasteiger partial charge in [0.15, 0.2) is 0 Å². The third kappa shape index (κ3) is 4.70. The summed E-state index contributed by atoms with van der Waals surface area (Å²) in [7, 11) is 1.30. The highest BCUT2D eigenvalue weighted by atomic mass is 127. The van der Waals surface area contributed by atoms with Gasteiger partial charge in [-0.1, -0.05) is 11.6 Å². The molecule has 2 aromatic rings. The molecule has 0 N–H and O–H groups in total. The van der Waals surface area contributed by atoms with Crippen molar-refractivity contribution < 1.29 is 13.9 Å². The molecule has 11 heteroatoms. The van der Waals surface area contributed by atoms with Gasteiger partial charge < -0.3 is 4.74 Å². The van der Waals surface area contributed by atoms with Crippen LogP contribution in [0.2, 0.25) is 5.02 Å². The van der Waals surface area contributed by atoms with E-state index in [-0.39, 0.29) is 45.3 Å². The predicted octanol–water partition coefficient (Wildman–Crippen LogP) is 3.41. The summed E-state index contributed by atoms with van der Waals surface area (Å²) in [5, 5.41) is 0.199. The lowest BCUT2D eigenvalue weighted by molar-refractivity contribution is -0.137. The van der Waals surface area contributed by atoms with Gasteiger partial charge in [0.25, 0.3) is 0 Å². The minimum atomic E-state index is -0.580. The van der Waals surface area contributed by atoms with Crippen LogP contribution in [-0.4, -0.2) is 28.2 Å². The summed E-state index contributed by atoms with van der Waals surface area (Å²) in [6.07, 6.45) is 1.90. The molecule has 0 bridgehead atoms. The summed E-state index contributed by atoms with van der Waals surface area (Å²) in [5.41, 5.74) is 0.0829. The molecule has 6 nitrogen and oxygen atoms in total. The fraction of sp³-hybridized carbons (Fsp3) is 0.400. The quantitative estimate of drug-likeness (QED) is 0.345. The number of aromatic nitrogens is 2. The number of nitrogens with zero attached hydrogens (tertiary/aromatic N) is 3. The van der Waals surface area contributed by atoms with E-state index in [1.807, 2.05) is 0 Å². The van der Waals surface area contributed by atoms with Gasteiger partial charge in [0.1, 0.15) is 11.5 Å². The van der Waals surface area contributed by atoms with Gasteiger partial charge in [-0.05, 0) is 36.3 Å². The highest BCUT2D eigenvalue weighted by Gasteiger charge is 2.15. The van der Waals surface area contributed by atoms with E-state index in [0.29, 0.717) is 22.8 Å². The minimum absolute atomic E-state index is 0. The van der Waals surface area contributed by atoms with Crippen LogP contribution in [0.25, 0.3) is 0 Å². The van der Waals surface area contributed by atoms with E-state index < -0.39 is 11.8 Å². The molecule has 0 saturated carbocycles. The SMILES string of the molecule is COC(=O)CSc1cc(N=c2sc(=O)n3n2CCCC3)c(F)cc1Cl.I. The molecule has 2 heterocycles. The van der Waals surface area contributed by atoms with Crippen LogP contribution < -0.4 is 9.67 Å². The summed E-state index contributed by atoms with van der Waals surface area (Å²) < 4.78 is 22.3. The largest absolute Gasteiger partial charge is 0.468 e. The van der Waals surface area contributed by atoms with E-state index in [0.717, 1.165) is 42.0 Å². The van der Waals surface area contributed by atoms with E-state index in [2.05, 4.69) is 9.73 Å². The summed E-state index contributed by atoms with van der Waals surface area (Å²) in [6.45, 7) is 1.32. The number of rotatable bonds is 4. The van der Waals surface area contributed by atoms with Crippen molar-refractivity contribution in [2.45, 2.75) is 30.8 Å². The van der Waals surface area contributed by atoms with Crippen molar-refractivity contribution in [3.8, 4) is 0 Å². The third-order valence-electron chi connectivity index (χ3n) is 3.68. The van der Waals surface area contributed by atoms with Gasteiger partial charge in [-0.3, -0.25) is 14.3 Å². The Bertz CT molecular complexity index is 941. The minimum Gasteiger partial charge on any atom is -0.468 e. The number of fused-ring (bicyclic) bond motifs is 1. The standard InChI is InChI=1S/C15H15ClFN3O3S2.HI/c1-23-13(21)8-24-12-7-11(10(17)6-9(12)16)18-14-19-4-2-3-5-20(19)15(22)25-14;/h6-7H,2-5,8H2,1H3;1H. The molecule has 0 saturated heterocycles. The molecule has 1 aliphatic heterocycles. The lowest BCUT2D eigenvalue weighted by Crippen LogP contribution is -2.31. The number of thioether (sulfide) groups is 1. The number of carbonyl (C=O) groups is 1. The Kier molecular flexibility index (Phi) is 7.74. The molecule has 1 aromatic carbocycles. The molecule has 0 fully saturated rings. The number of ether oxygens (including phenoxy) is 1. The summed E-state index contributed by atoms with van der Waals surface area (Å²) in [5.74, 6) is -0.923. The number of methoxy groups -OCH3 is 1. The van der Waals surface area contributed by atoms with Crippen LogP contribution in [0.3, 0.4) is 0 Å². The molecule has 0 aliphatic carbocycles. The van der Waals surface area contributed by atoms with Crippen molar-refractivity contribution in [1.29, 1.82) is 0 Å². The van der Waals surface area contributed by atoms with E-state index in [1.165, 1.54) is 13.2 Å². The second kappa shape index (κ2) is 9.38. The van der Waals surface area contributed by atoms with Crippen molar-refractivity contribution in [1.82, 2.24) is 9.36 Å². The summed E-state index contributed by atoms with van der Waals surface area (Å²) >= 11 is 8.17. The van der Waals surface area contributed by atoms with Crippen LogP contribution in [0.4, 0.5) is 10.1 Å². The molecule has 1 aliphatic rings. The van der Waals surface area contributed by atoms with Gasteiger partial charge in [-0.25, -0.2) is 14.1 Å². The van der Waals surface area contributed by atoms with Crippen molar-refractivity contribution >= 4 is 70.3 Å². The van der Waals surface area contributed by atoms with Gasteiger partial charge in [-0.15, -0.1) is 35.7 Å². The van der Waals surface area contributed by atoms with Gasteiger partial charge >= 0.3 is 10.8 Å². The first-order valence-corrected chi connectivity index (χ1v) is 9.71. The molecular formula is C15H16ClFIN3O3S2. The molecule has 3 rings (SSSR count). The van der Waals surface area contributed by atoms with Crippen LogP contribution in [0, 0.1) is 5.82 Å². The maximum Gasteiger partial charge on any atom is 0.325 e. The second-order valence-electron chi connectivity index (χ2n) is 5.31. The van der Waals surface area contributed by atoms with Crippen molar-refractivity contribution in [2.24, 2.45) is 4.99 Å². The smallest absolute Gasteiger partial charge is 0.325 e. The van der Waals surface area contributed by atoms with E-state index in [9.17, 15) is 14.0 Å². The molecule has 0 unspecified atom stereocenters. The third-order valence-corrected chi connectivity index (χ3v) is 6.01. The first-order chi connectivity index (χ1) is 12.0. The van der Waals surface area contributed by atoms with E-state index >= 15 is 0 Å². The predicted molar refractivity (Wildman–Crippen MR) is 111 cm³/mol. The highest BCUT2D eigenvalue weighted by Crippen LogP contribution is 2.33. The zero-order valence-electron chi connectivity index (χ0n) is 13.7. The summed E-state index contributed by atoms with van der Waals surface area (Å²) in [6, 6.07) is 2.64. The number of carbonyl (C=O) groups excluding carboxylic acids is 1. The first-order valence-electron chi connectivity index (χ1n) is 7.53. The molecule has 26 heavy (non-hydrogen) atoms. The van der Waals surface area contributed by atoms with Crippen molar-refractivity contribution in [3.05, 3.63) is 37.4 Å². The fourth-order valence-electron chi connectivity index (χ4n) is 2.43. The second-order valence-corrected chi connectivity index (χ2v) is 7.66. The fourth-order valence-corrected chi connectivity index (χ4v) is 4.42. The van der Waals surface area contributed by atoms with Crippen LogP contribution in [0.15, 0.2) is 26.8 Å². The molecular weight excluding hydrogens is 516 g/mol. The Morgan fingerprint density at radius 1 is 1.38 bits per heavy atom. The Balaban J connectivity index is 0.00000243. The maximum atomic E-state index is 14.3. The van der Waals surface area contributed by atoms with E-state index in [4.69, 9.17) is 11.6 Å². The maximum absolute atomic E-state index is 14.3. The Hall–Kier alpha value is -0.850. The zero-order valence-corrected chi connectivity index (χ0v) is 18.5. The molecule has 0 atom stereocenters.